The second-order valence-electron chi connectivity index (χ2n) is 7.32. The molecule has 3 rings (SSSR count). The molecule has 0 saturated heterocycles. The van der Waals surface area contributed by atoms with Crippen LogP contribution in [0.15, 0.2) is 24.5 Å². The van der Waals surface area contributed by atoms with Gasteiger partial charge < -0.3 is 15.0 Å². The fraction of sp³-hybridized carbons (Fsp3) is 0.429. The predicted molar refractivity (Wildman–Crippen MR) is 105 cm³/mol. The number of alkyl halides is 3. The molecule has 0 radical (unpaired) electrons. The summed E-state index contributed by atoms with van der Waals surface area (Å²) in [6.07, 6.45) is -1.45. The molecule has 31 heavy (non-hydrogen) atoms. The number of fused-ring (bicyclic) bond motifs is 1. The average Bonchev–Trinajstić information content (AvgIpc) is 3.04. The highest BCUT2D eigenvalue weighted by Crippen LogP contribution is 2.33. The number of carbonyl (C=O) groups is 2. The van der Waals surface area contributed by atoms with Gasteiger partial charge in [0.1, 0.15) is 0 Å². The van der Waals surface area contributed by atoms with Crippen molar-refractivity contribution in [1.29, 1.82) is 0 Å². The number of amides is 2. The molecule has 0 saturated carbocycles. The average molecular weight is 436 g/mol. The lowest BCUT2D eigenvalue weighted by Crippen LogP contribution is -2.27. The number of ether oxygens (including phenoxy) is 1. The molecule has 0 aromatic carbocycles. The van der Waals surface area contributed by atoms with Crippen molar-refractivity contribution in [2.75, 3.05) is 13.2 Å². The SMILES string of the molecule is CCNC(=O)Cc1nccc2c1CN(C(C)c1cnc(OCC(F)(F)F)c(C)c1)C2=O. The van der Waals surface area contributed by atoms with Gasteiger partial charge in [0.25, 0.3) is 5.91 Å². The van der Waals surface area contributed by atoms with Gasteiger partial charge in [0.05, 0.1) is 18.2 Å². The monoisotopic (exact) mass is 436 g/mol. The van der Waals surface area contributed by atoms with Crippen molar-refractivity contribution in [3.63, 3.8) is 0 Å². The molecule has 0 fully saturated rings. The van der Waals surface area contributed by atoms with Crippen LogP contribution in [0.4, 0.5) is 13.2 Å². The minimum Gasteiger partial charge on any atom is -0.468 e. The summed E-state index contributed by atoms with van der Waals surface area (Å²) in [4.78, 5) is 34.8. The van der Waals surface area contributed by atoms with Crippen LogP contribution < -0.4 is 10.1 Å². The number of pyridine rings is 2. The van der Waals surface area contributed by atoms with Gasteiger partial charge in [0.15, 0.2) is 6.61 Å². The van der Waals surface area contributed by atoms with Crippen LogP contribution in [-0.4, -0.2) is 46.0 Å². The molecule has 1 aliphatic rings. The quantitative estimate of drug-likeness (QED) is 0.721. The van der Waals surface area contributed by atoms with Gasteiger partial charge in [0, 0.05) is 42.2 Å². The topological polar surface area (TPSA) is 84.4 Å². The smallest absolute Gasteiger partial charge is 0.422 e. The maximum atomic E-state index is 13.0. The van der Waals surface area contributed by atoms with E-state index in [-0.39, 0.29) is 36.7 Å². The summed E-state index contributed by atoms with van der Waals surface area (Å²) < 4.78 is 41.9. The van der Waals surface area contributed by atoms with Gasteiger partial charge in [-0.1, -0.05) is 0 Å². The Bertz CT molecular complexity index is 994. The van der Waals surface area contributed by atoms with Crippen LogP contribution in [0, 0.1) is 6.92 Å². The Morgan fingerprint density at radius 1 is 1.35 bits per heavy atom. The summed E-state index contributed by atoms with van der Waals surface area (Å²) in [5.74, 6) is -0.466. The lowest BCUT2D eigenvalue weighted by molar-refractivity contribution is -0.154. The minimum absolute atomic E-state index is 0.0818. The highest BCUT2D eigenvalue weighted by Gasteiger charge is 2.34. The molecule has 3 heterocycles. The maximum absolute atomic E-state index is 13.0. The first kappa shape index (κ1) is 22.5. The second kappa shape index (κ2) is 8.91. The molecule has 1 unspecified atom stereocenters. The molecule has 2 aromatic rings. The van der Waals surface area contributed by atoms with E-state index in [0.717, 1.165) is 0 Å². The second-order valence-corrected chi connectivity index (χ2v) is 7.32. The molecule has 1 N–H and O–H groups in total. The summed E-state index contributed by atoms with van der Waals surface area (Å²) >= 11 is 0. The van der Waals surface area contributed by atoms with E-state index in [1.165, 1.54) is 12.4 Å². The van der Waals surface area contributed by atoms with Crippen molar-refractivity contribution in [3.05, 3.63) is 52.5 Å². The minimum atomic E-state index is -4.45. The fourth-order valence-electron chi connectivity index (χ4n) is 3.48. The molecule has 1 aliphatic heterocycles. The van der Waals surface area contributed by atoms with Crippen LogP contribution in [-0.2, 0) is 17.8 Å². The van der Waals surface area contributed by atoms with Crippen LogP contribution >= 0.6 is 0 Å². The summed E-state index contributed by atoms with van der Waals surface area (Å²) in [6, 6.07) is 2.90. The summed E-state index contributed by atoms with van der Waals surface area (Å²) in [6.45, 7) is 4.60. The maximum Gasteiger partial charge on any atom is 0.422 e. The first-order valence-electron chi connectivity index (χ1n) is 9.81. The number of hydrogen-bond donors (Lipinski definition) is 1. The van der Waals surface area contributed by atoms with Crippen LogP contribution in [0.3, 0.4) is 0 Å². The van der Waals surface area contributed by atoms with Crippen LogP contribution in [0.25, 0.3) is 0 Å². The zero-order valence-electron chi connectivity index (χ0n) is 17.4. The van der Waals surface area contributed by atoms with Crippen molar-refractivity contribution < 1.29 is 27.5 Å². The summed E-state index contributed by atoms with van der Waals surface area (Å²) in [5.41, 5.74) is 2.86. The zero-order chi connectivity index (χ0) is 22.8. The Hall–Kier alpha value is -3.17. The van der Waals surface area contributed by atoms with Gasteiger partial charge in [-0.3, -0.25) is 14.6 Å². The number of halogens is 3. The number of likely N-dealkylation sites (N-methyl/N-ethyl adjacent to an activating group) is 1. The molecular formula is C21H23F3N4O3. The van der Waals surface area contributed by atoms with E-state index in [4.69, 9.17) is 4.74 Å². The van der Waals surface area contributed by atoms with E-state index in [2.05, 4.69) is 15.3 Å². The molecule has 2 amide bonds. The molecule has 7 nitrogen and oxygen atoms in total. The van der Waals surface area contributed by atoms with E-state index >= 15 is 0 Å². The summed E-state index contributed by atoms with van der Waals surface area (Å²) in [7, 11) is 0. The Morgan fingerprint density at radius 2 is 2.10 bits per heavy atom. The van der Waals surface area contributed by atoms with Gasteiger partial charge >= 0.3 is 6.18 Å². The normalized spacial score (nSPS) is 14.4. The van der Waals surface area contributed by atoms with E-state index in [9.17, 15) is 22.8 Å². The van der Waals surface area contributed by atoms with Crippen molar-refractivity contribution in [2.24, 2.45) is 0 Å². The number of aryl methyl sites for hydroxylation is 1. The van der Waals surface area contributed by atoms with Gasteiger partial charge in [-0.15, -0.1) is 0 Å². The fourth-order valence-corrected chi connectivity index (χ4v) is 3.48. The molecule has 2 aromatic heterocycles. The number of nitrogens with one attached hydrogen (secondary N) is 1. The standard InChI is InChI=1S/C21H23F3N4O3/c1-4-25-18(29)8-17-16-10-28(20(30)15(16)5-6-26-17)13(3)14-7-12(2)19(27-9-14)31-11-21(22,23)24/h5-7,9,13H,4,8,10-11H2,1-3H3,(H,25,29). The van der Waals surface area contributed by atoms with Gasteiger partial charge in [0.2, 0.25) is 11.8 Å². The predicted octanol–water partition coefficient (Wildman–Crippen LogP) is 3.12. The van der Waals surface area contributed by atoms with Crippen molar-refractivity contribution in [3.8, 4) is 5.88 Å². The van der Waals surface area contributed by atoms with Crippen molar-refractivity contribution in [1.82, 2.24) is 20.2 Å². The Kier molecular flexibility index (Phi) is 6.47. The van der Waals surface area contributed by atoms with Gasteiger partial charge in [-0.2, -0.15) is 13.2 Å². The Balaban J connectivity index is 1.78. The molecule has 166 valence electrons. The number of rotatable bonds is 7. The van der Waals surface area contributed by atoms with Crippen molar-refractivity contribution in [2.45, 2.75) is 46.0 Å². The van der Waals surface area contributed by atoms with Crippen LogP contribution in [0.2, 0.25) is 0 Å². The zero-order valence-corrected chi connectivity index (χ0v) is 17.4. The largest absolute Gasteiger partial charge is 0.468 e. The van der Waals surface area contributed by atoms with Crippen LogP contribution in [0.1, 0.15) is 52.6 Å². The molecular weight excluding hydrogens is 413 g/mol. The van der Waals surface area contributed by atoms with Gasteiger partial charge in [-0.25, -0.2) is 4.98 Å². The third kappa shape index (κ3) is 5.12. The number of carbonyl (C=O) groups excluding carboxylic acids is 2. The Labute approximate surface area is 177 Å². The van der Waals surface area contributed by atoms with E-state index < -0.39 is 12.8 Å². The lowest BCUT2D eigenvalue weighted by atomic mass is 10.1. The highest BCUT2D eigenvalue weighted by atomic mass is 19.4. The van der Waals surface area contributed by atoms with E-state index in [0.29, 0.717) is 34.5 Å². The molecule has 0 bridgehead atoms. The summed E-state index contributed by atoms with van der Waals surface area (Å²) in [5, 5.41) is 2.72. The van der Waals surface area contributed by atoms with E-state index in [1.54, 1.807) is 24.0 Å². The number of hydrogen-bond acceptors (Lipinski definition) is 5. The molecule has 0 aliphatic carbocycles. The molecule has 0 spiro atoms. The van der Waals surface area contributed by atoms with Crippen molar-refractivity contribution >= 4 is 11.8 Å². The highest BCUT2D eigenvalue weighted by molar-refractivity contribution is 5.99. The molecule has 10 heteroatoms. The third-order valence-corrected chi connectivity index (χ3v) is 5.04. The van der Waals surface area contributed by atoms with Crippen LogP contribution in [0.5, 0.6) is 5.88 Å². The first-order valence-corrected chi connectivity index (χ1v) is 9.81. The Morgan fingerprint density at radius 3 is 2.74 bits per heavy atom. The number of nitrogens with zero attached hydrogens (tertiary/aromatic N) is 3. The lowest BCUT2D eigenvalue weighted by Gasteiger charge is -2.25. The third-order valence-electron chi connectivity index (χ3n) is 5.04. The molecule has 1 atom stereocenters. The van der Waals surface area contributed by atoms with Gasteiger partial charge in [-0.05, 0) is 38.5 Å². The first-order chi connectivity index (χ1) is 14.6. The van der Waals surface area contributed by atoms with E-state index in [1.807, 2.05) is 13.8 Å². The number of aromatic nitrogens is 2.